The molecule has 0 bridgehead atoms. The van der Waals surface area contributed by atoms with E-state index in [2.05, 4.69) is 9.97 Å². The van der Waals surface area contributed by atoms with Crippen LogP contribution in [0.2, 0.25) is 6.82 Å². The quantitative estimate of drug-likeness (QED) is 0.861. The zero-order valence-electron chi connectivity index (χ0n) is 14.0. The predicted molar refractivity (Wildman–Crippen MR) is 92.3 cm³/mol. The Balaban J connectivity index is 2.28. The molecule has 0 saturated carbocycles. The molecule has 1 aliphatic heterocycles. The van der Waals surface area contributed by atoms with Gasteiger partial charge in [0.25, 0.3) is 5.56 Å². The molecule has 1 amide bonds. The van der Waals surface area contributed by atoms with Crippen LogP contribution < -0.4 is 15.9 Å². The lowest BCUT2D eigenvalue weighted by Crippen LogP contribution is -2.26. The number of H-pyrrole nitrogens is 1. The molecule has 3 rings (SSSR count). The molecule has 0 aliphatic carbocycles. The molecule has 1 N–H and O–H groups in total. The van der Waals surface area contributed by atoms with Crippen molar-refractivity contribution in [3.8, 4) is 0 Å². The summed E-state index contributed by atoms with van der Waals surface area (Å²) in [5.74, 6) is 0.374. The Morgan fingerprint density at radius 3 is 2.35 bits per heavy atom. The minimum atomic E-state index is -0.488. The Labute approximate surface area is 136 Å². The number of rotatable bonds is 2. The van der Waals surface area contributed by atoms with Crippen LogP contribution in [0.5, 0.6) is 0 Å². The Kier molecular flexibility index (Phi) is 3.63. The van der Waals surface area contributed by atoms with E-state index in [0.717, 1.165) is 22.3 Å². The first-order valence-corrected chi connectivity index (χ1v) is 7.70. The number of carbonyl (C=O) groups is 1. The maximum atomic E-state index is 12.8. The van der Waals surface area contributed by atoms with E-state index >= 15 is 0 Å². The molecule has 1 atom stereocenters. The van der Waals surface area contributed by atoms with E-state index in [1.807, 2.05) is 40.1 Å². The highest BCUT2D eigenvalue weighted by Crippen LogP contribution is 2.40. The summed E-state index contributed by atoms with van der Waals surface area (Å²) in [6, 6.07) is 4.08. The first kappa shape index (κ1) is 15.5. The smallest absolute Gasteiger partial charge is 0.257 e. The average molecular weight is 308 g/mol. The van der Waals surface area contributed by atoms with Crippen LogP contribution in [0.3, 0.4) is 0 Å². The highest BCUT2D eigenvalue weighted by atomic mass is 16.2. The molecular weight excluding hydrogens is 289 g/mol. The van der Waals surface area contributed by atoms with Crippen molar-refractivity contribution in [2.75, 3.05) is 4.90 Å². The van der Waals surface area contributed by atoms with Crippen LogP contribution in [-0.4, -0.2) is 23.2 Å². The number of aromatic nitrogens is 2. The summed E-state index contributed by atoms with van der Waals surface area (Å²) in [5, 5.41) is 0. The number of carbonyl (C=O) groups excluding carboxylic acids is 1. The van der Waals surface area contributed by atoms with Crippen LogP contribution in [0.15, 0.2) is 16.9 Å². The number of aryl methyl sites for hydroxylation is 3. The molecule has 23 heavy (non-hydrogen) atoms. The molecule has 1 aromatic heterocycles. The van der Waals surface area contributed by atoms with Crippen LogP contribution >= 0.6 is 0 Å². The molecule has 6 heteroatoms. The van der Waals surface area contributed by atoms with Crippen LogP contribution in [0, 0.1) is 20.8 Å². The number of aromatic amines is 1. The Hall–Kier alpha value is -2.37. The number of fused-ring (bicyclic) bond motifs is 1. The first-order valence-electron chi connectivity index (χ1n) is 7.70. The number of amides is 1. The molecule has 0 saturated heterocycles. The second-order valence-corrected chi connectivity index (χ2v) is 6.08. The molecule has 2 heterocycles. The summed E-state index contributed by atoms with van der Waals surface area (Å²) in [4.78, 5) is 33.8. The van der Waals surface area contributed by atoms with Gasteiger partial charge in [0.1, 0.15) is 13.1 Å². The lowest BCUT2D eigenvalue weighted by atomic mass is 9.72. The molecular formula is C17H19BN3O2. The third-order valence-electron chi connectivity index (χ3n) is 4.36. The van der Waals surface area contributed by atoms with Crippen molar-refractivity contribution in [1.29, 1.82) is 0 Å². The van der Waals surface area contributed by atoms with Crippen LogP contribution in [0.4, 0.5) is 11.5 Å². The van der Waals surface area contributed by atoms with E-state index in [4.69, 9.17) is 0 Å². The fourth-order valence-electron chi connectivity index (χ4n) is 3.29. The summed E-state index contributed by atoms with van der Waals surface area (Å²) in [6.45, 7) is 9.42. The molecule has 117 valence electrons. The zero-order valence-corrected chi connectivity index (χ0v) is 14.0. The highest BCUT2D eigenvalue weighted by molar-refractivity contribution is 6.52. The van der Waals surface area contributed by atoms with E-state index < -0.39 is 5.92 Å². The molecule has 1 radical (unpaired) electrons. The number of hydrogen-bond acceptors (Lipinski definition) is 3. The number of nitrogens with one attached hydrogen (secondary N) is 1. The lowest BCUT2D eigenvalue weighted by molar-refractivity contribution is -0.118. The van der Waals surface area contributed by atoms with Crippen molar-refractivity contribution in [3.63, 3.8) is 0 Å². The average Bonchev–Trinajstić information content (AvgIpc) is 2.71. The van der Waals surface area contributed by atoms with Crippen molar-refractivity contribution in [2.24, 2.45) is 0 Å². The van der Waals surface area contributed by atoms with Crippen LogP contribution in [-0.2, 0) is 4.79 Å². The van der Waals surface area contributed by atoms with E-state index in [1.54, 1.807) is 18.7 Å². The van der Waals surface area contributed by atoms with Crippen molar-refractivity contribution < 1.29 is 4.79 Å². The molecule has 0 fully saturated rings. The maximum absolute atomic E-state index is 12.8. The number of benzene rings is 1. The van der Waals surface area contributed by atoms with Gasteiger partial charge in [0.2, 0.25) is 5.91 Å². The summed E-state index contributed by atoms with van der Waals surface area (Å²) < 4.78 is 0. The first-order chi connectivity index (χ1) is 10.8. The summed E-state index contributed by atoms with van der Waals surface area (Å²) >= 11 is 0. The van der Waals surface area contributed by atoms with E-state index in [1.165, 1.54) is 0 Å². The van der Waals surface area contributed by atoms with Gasteiger partial charge in [0.05, 0.1) is 17.2 Å². The van der Waals surface area contributed by atoms with E-state index in [0.29, 0.717) is 17.2 Å². The maximum Gasteiger partial charge on any atom is 0.257 e. The number of nitrogens with zero attached hydrogens (tertiary/aromatic N) is 2. The zero-order chi connectivity index (χ0) is 16.9. The molecule has 1 aromatic carbocycles. The third-order valence-corrected chi connectivity index (χ3v) is 4.36. The van der Waals surface area contributed by atoms with Gasteiger partial charge in [-0.3, -0.25) is 14.5 Å². The molecule has 1 aliphatic rings. The largest absolute Gasteiger partial charge is 0.310 e. The van der Waals surface area contributed by atoms with Gasteiger partial charge in [-0.25, -0.2) is 4.98 Å². The molecule has 1 unspecified atom stereocenters. The third kappa shape index (κ3) is 2.29. The van der Waals surface area contributed by atoms with Crippen molar-refractivity contribution >= 4 is 30.2 Å². The molecule has 2 aromatic rings. The van der Waals surface area contributed by atoms with Gasteiger partial charge in [0.15, 0.2) is 5.82 Å². The second-order valence-electron chi connectivity index (χ2n) is 6.08. The normalized spacial score (nSPS) is 16.7. The van der Waals surface area contributed by atoms with Gasteiger partial charge in [-0.2, -0.15) is 0 Å². The van der Waals surface area contributed by atoms with Crippen molar-refractivity contribution in [1.82, 2.24) is 9.97 Å². The summed E-state index contributed by atoms with van der Waals surface area (Å²) in [6.07, 6.45) is 0. The minimum absolute atomic E-state index is 0.108. The lowest BCUT2D eigenvalue weighted by Gasteiger charge is -2.22. The van der Waals surface area contributed by atoms with Crippen molar-refractivity contribution in [3.05, 3.63) is 45.0 Å². The summed E-state index contributed by atoms with van der Waals surface area (Å²) in [7, 11) is 2.03. The SMILES string of the molecule is C[B]c1cc(C)c(N2C(=O)C(C)c3c2nc(C)[nH]c3=O)c(C)c1. The van der Waals surface area contributed by atoms with Crippen LogP contribution in [0.25, 0.3) is 0 Å². The Morgan fingerprint density at radius 1 is 1.17 bits per heavy atom. The topological polar surface area (TPSA) is 66.1 Å². The van der Waals surface area contributed by atoms with Gasteiger partial charge in [0, 0.05) is 0 Å². The van der Waals surface area contributed by atoms with Gasteiger partial charge in [-0.05, 0) is 38.8 Å². The predicted octanol–water partition coefficient (Wildman–Crippen LogP) is 1.85. The molecule has 5 nitrogen and oxygen atoms in total. The minimum Gasteiger partial charge on any atom is -0.310 e. The van der Waals surface area contributed by atoms with Gasteiger partial charge >= 0.3 is 0 Å². The molecule has 0 spiro atoms. The Morgan fingerprint density at radius 2 is 1.78 bits per heavy atom. The van der Waals surface area contributed by atoms with Gasteiger partial charge in [-0.1, -0.05) is 24.4 Å². The van der Waals surface area contributed by atoms with Gasteiger partial charge in [-0.15, -0.1) is 0 Å². The summed E-state index contributed by atoms with van der Waals surface area (Å²) in [5.41, 5.74) is 4.13. The van der Waals surface area contributed by atoms with Crippen LogP contribution in [0.1, 0.15) is 35.4 Å². The standard InChI is InChI=1S/C17H19BN3O2/c1-8-6-12(18-5)7-9(2)14(8)21-15-13(10(3)17(21)23)16(22)20-11(4)19-15/h6-7,10H,1-5H3,(H,19,20,22). The number of hydrogen-bond donors (Lipinski definition) is 1. The van der Waals surface area contributed by atoms with Gasteiger partial charge < -0.3 is 4.98 Å². The Bertz CT molecular complexity index is 850. The monoisotopic (exact) mass is 308 g/mol. The number of anilines is 2. The fourth-order valence-corrected chi connectivity index (χ4v) is 3.29. The fraction of sp³-hybridized carbons (Fsp3) is 0.353. The van der Waals surface area contributed by atoms with E-state index in [-0.39, 0.29) is 11.5 Å². The second kappa shape index (κ2) is 5.37. The van der Waals surface area contributed by atoms with Crippen molar-refractivity contribution in [2.45, 2.75) is 40.4 Å². The van der Waals surface area contributed by atoms with E-state index in [9.17, 15) is 9.59 Å². The highest BCUT2D eigenvalue weighted by Gasteiger charge is 2.40.